The first-order valence-corrected chi connectivity index (χ1v) is 15.7. The average molecular weight is 580 g/mol. The molecule has 2 aliphatic rings. The molecule has 0 radical (unpaired) electrons. The molecule has 0 atom stereocenters. The van der Waals surface area contributed by atoms with Crippen molar-refractivity contribution in [2.75, 3.05) is 0 Å². The normalized spacial score (nSPS) is 14.4. The average Bonchev–Trinajstić information content (AvgIpc) is 3.71. The zero-order chi connectivity index (χ0) is 29.9. The van der Waals surface area contributed by atoms with Crippen molar-refractivity contribution in [2.24, 2.45) is 0 Å². The van der Waals surface area contributed by atoms with Gasteiger partial charge < -0.3 is 4.42 Å². The molecule has 0 saturated heterocycles. The Morgan fingerprint density at radius 1 is 0.644 bits per heavy atom. The molecule has 5 aromatic carbocycles. The summed E-state index contributed by atoms with van der Waals surface area (Å²) in [4.78, 5) is 10.9. The lowest BCUT2D eigenvalue weighted by molar-refractivity contribution is 0.612. The van der Waals surface area contributed by atoms with Crippen LogP contribution in [0.3, 0.4) is 0 Å². The van der Waals surface area contributed by atoms with E-state index in [0.717, 1.165) is 57.4 Å². The van der Waals surface area contributed by atoms with Crippen LogP contribution in [-0.4, -0.2) is 14.5 Å². The van der Waals surface area contributed by atoms with E-state index >= 15 is 0 Å². The van der Waals surface area contributed by atoms with Gasteiger partial charge in [0.25, 0.3) is 0 Å². The summed E-state index contributed by atoms with van der Waals surface area (Å²) in [5.41, 5.74) is 12.6. The van der Waals surface area contributed by atoms with Gasteiger partial charge in [-0.2, -0.15) is 0 Å². The predicted molar refractivity (Wildman–Crippen MR) is 182 cm³/mol. The van der Waals surface area contributed by atoms with E-state index in [-0.39, 0.29) is 5.41 Å². The predicted octanol–water partition coefficient (Wildman–Crippen LogP) is 10.1. The SMILES string of the molecule is CC1(C)c2ccccc2-c2c1c1c(n2-c2nc(-c3ccccc3)c3ccc4ccccc4c3n2)-c2oc3ccccc3c2CC1. The van der Waals surface area contributed by atoms with Crippen molar-refractivity contribution < 1.29 is 4.42 Å². The molecule has 4 nitrogen and oxygen atoms in total. The Bertz CT molecular complexity index is 2520. The van der Waals surface area contributed by atoms with Crippen molar-refractivity contribution in [1.29, 1.82) is 0 Å². The Labute approximate surface area is 260 Å². The molecule has 0 aliphatic heterocycles. The number of benzene rings is 5. The van der Waals surface area contributed by atoms with E-state index in [2.05, 4.69) is 134 Å². The first-order chi connectivity index (χ1) is 22.1. The van der Waals surface area contributed by atoms with Gasteiger partial charge in [-0.25, -0.2) is 9.97 Å². The lowest BCUT2D eigenvalue weighted by Gasteiger charge is -2.24. The van der Waals surface area contributed by atoms with Crippen molar-refractivity contribution in [1.82, 2.24) is 14.5 Å². The van der Waals surface area contributed by atoms with Gasteiger partial charge in [-0.3, -0.25) is 4.57 Å². The van der Waals surface area contributed by atoms with Gasteiger partial charge in [-0.1, -0.05) is 117 Å². The van der Waals surface area contributed by atoms with Crippen LogP contribution in [0.25, 0.3) is 72.6 Å². The summed E-state index contributed by atoms with van der Waals surface area (Å²) in [5, 5.41) is 4.53. The summed E-state index contributed by atoms with van der Waals surface area (Å²) in [6.07, 6.45) is 1.89. The third-order valence-electron chi connectivity index (χ3n) is 10.1. The molecule has 0 unspecified atom stereocenters. The number of aromatic nitrogens is 3. The Morgan fingerprint density at radius 3 is 2.27 bits per heavy atom. The van der Waals surface area contributed by atoms with E-state index in [1.54, 1.807) is 0 Å². The van der Waals surface area contributed by atoms with Crippen LogP contribution in [0.15, 0.2) is 120 Å². The smallest absolute Gasteiger partial charge is 0.235 e. The van der Waals surface area contributed by atoms with Gasteiger partial charge in [0.1, 0.15) is 5.58 Å². The van der Waals surface area contributed by atoms with Crippen LogP contribution in [0.5, 0.6) is 0 Å². The molecule has 0 fully saturated rings. The molecular formula is C41H29N3O. The molecule has 0 saturated carbocycles. The molecule has 3 aromatic heterocycles. The zero-order valence-electron chi connectivity index (χ0n) is 25.1. The number of nitrogens with zero attached hydrogens (tertiary/aromatic N) is 3. The molecular weight excluding hydrogens is 550 g/mol. The van der Waals surface area contributed by atoms with Gasteiger partial charge in [0.05, 0.1) is 22.6 Å². The summed E-state index contributed by atoms with van der Waals surface area (Å²) in [6.45, 7) is 4.72. The maximum absolute atomic E-state index is 6.77. The fraction of sp³-hybridized carbons (Fsp3) is 0.122. The first kappa shape index (κ1) is 24.9. The van der Waals surface area contributed by atoms with Crippen LogP contribution in [0.2, 0.25) is 0 Å². The summed E-state index contributed by atoms with van der Waals surface area (Å²) in [5.74, 6) is 1.62. The molecule has 0 bridgehead atoms. The largest absolute Gasteiger partial charge is 0.454 e. The van der Waals surface area contributed by atoms with Crippen LogP contribution in [0.4, 0.5) is 0 Å². The number of fused-ring (bicyclic) bond motifs is 12. The third kappa shape index (κ3) is 3.26. The van der Waals surface area contributed by atoms with E-state index in [0.29, 0.717) is 5.95 Å². The number of furan rings is 1. The zero-order valence-corrected chi connectivity index (χ0v) is 25.1. The Hall–Kier alpha value is -5.48. The van der Waals surface area contributed by atoms with Gasteiger partial charge in [-0.05, 0) is 47.1 Å². The standard InChI is InChI=1S/C41H29N3O/c1-41(2)32-18-10-8-17-29(32)37-34(41)30-23-22-28-27-16-9-11-19-33(27)45-39(28)38(30)44(37)40-42-35(25-13-4-3-5-14-25)31-21-20-24-12-6-7-15-26(24)36(31)43-40/h3-21H,22-23H2,1-2H3. The van der Waals surface area contributed by atoms with Crippen molar-refractivity contribution in [2.45, 2.75) is 32.1 Å². The van der Waals surface area contributed by atoms with Crippen LogP contribution in [0, 0.1) is 0 Å². The molecule has 3 heterocycles. The van der Waals surface area contributed by atoms with E-state index in [1.807, 2.05) is 0 Å². The van der Waals surface area contributed by atoms with Gasteiger partial charge >= 0.3 is 0 Å². The molecule has 0 amide bonds. The topological polar surface area (TPSA) is 43.9 Å². The van der Waals surface area contributed by atoms with Gasteiger partial charge in [0, 0.05) is 38.3 Å². The van der Waals surface area contributed by atoms with Crippen LogP contribution < -0.4 is 0 Å². The Kier molecular flexibility index (Phi) is 4.87. The number of hydrogen-bond acceptors (Lipinski definition) is 3. The molecule has 45 heavy (non-hydrogen) atoms. The molecule has 8 aromatic rings. The highest BCUT2D eigenvalue weighted by atomic mass is 16.3. The lowest BCUT2D eigenvalue weighted by Crippen LogP contribution is -2.18. The maximum Gasteiger partial charge on any atom is 0.235 e. The Morgan fingerprint density at radius 2 is 1.38 bits per heavy atom. The van der Waals surface area contributed by atoms with Crippen LogP contribution >= 0.6 is 0 Å². The van der Waals surface area contributed by atoms with Crippen molar-refractivity contribution in [3.63, 3.8) is 0 Å². The number of rotatable bonds is 2. The maximum atomic E-state index is 6.77. The fourth-order valence-electron chi connectivity index (χ4n) is 8.16. The monoisotopic (exact) mass is 579 g/mol. The minimum Gasteiger partial charge on any atom is -0.454 e. The third-order valence-corrected chi connectivity index (χ3v) is 10.1. The minimum atomic E-state index is -0.170. The number of para-hydroxylation sites is 1. The highest BCUT2D eigenvalue weighted by Gasteiger charge is 2.45. The number of hydrogen-bond donors (Lipinski definition) is 0. The van der Waals surface area contributed by atoms with E-state index < -0.39 is 0 Å². The highest BCUT2D eigenvalue weighted by molar-refractivity contribution is 6.09. The molecule has 4 heteroatoms. The fourth-order valence-corrected chi connectivity index (χ4v) is 8.16. The summed E-state index contributed by atoms with van der Waals surface area (Å²) in [7, 11) is 0. The van der Waals surface area contributed by atoms with Crippen molar-refractivity contribution in [3.05, 3.63) is 138 Å². The molecule has 0 spiro atoms. The van der Waals surface area contributed by atoms with Crippen molar-refractivity contribution in [3.8, 4) is 39.9 Å². The second kappa shape index (κ2) is 8.80. The molecule has 214 valence electrons. The quantitative estimate of drug-likeness (QED) is 0.191. The summed E-state index contributed by atoms with van der Waals surface area (Å²) in [6, 6.07) is 40.7. The van der Waals surface area contributed by atoms with E-state index in [1.165, 1.54) is 44.3 Å². The minimum absolute atomic E-state index is 0.170. The summed E-state index contributed by atoms with van der Waals surface area (Å²) >= 11 is 0. The van der Waals surface area contributed by atoms with Crippen LogP contribution in [0.1, 0.15) is 36.1 Å². The molecule has 0 N–H and O–H groups in total. The van der Waals surface area contributed by atoms with E-state index in [9.17, 15) is 0 Å². The highest BCUT2D eigenvalue weighted by Crippen LogP contribution is 2.56. The van der Waals surface area contributed by atoms with E-state index in [4.69, 9.17) is 14.4 Å². The lowest BCUT2D eigenvalue weighted by atomic mass is 9.78. The first-order valence-electron chi connectivity index (χ1n) is 15.7. The van der Waals surface area contributed by atoms with Crippen molar-refractivity contribution >= 4 is 32.6 Å². The van der Waals surface area contributed by atoms with Gasteiger partial charge in [0.2, 0.25) is 5.95 Å². The Balaban J connectivity index is 1.39. The number of aryl methyl sites for hydroxylation is 1. The molecule has 2 aliphatic carbocycles. The second-order valence-corrected chi connectivity index (χ2v) is 12.9. The van der Waals surface area contributed by atoms with Crippen LogP contribution in [-0.2, 0) is 18.3 Å². The second-order valence-electron chi connectivity index (χ2n) is 12.9. The summed E-state index contributed by atoms with van der Waals surface area (Å²) < 4.78 is 9.11. The molecule has 10 rings (SSSR count). The van der Waals surface area contributed by atoms with Gasteiger partial charge in [0.15, 0.2) is 5.76 Å². The van der Waals surface area contributed by atoms with Gasteiger partial charge in [-0.15, -0.1) is 0 Å².